The number of hydrogen-bond acceptors (Lipinski definition) is 1. The Kier molecular flexibility index (Phi) is 17.5. The van der Waals surface area contributed by atoms with Crippen molar-refractivity contribution in [1.29, 1.82) is 0 Å². The number of unbranched alkanes of at least 4 members (excludes halogenated alkanes) is 12. The van der Waals surface area contributed by atoms with E-state index in [2.05, 4.69) is 19.6 Å². The molecule has 0 fully saturated rings. The Morgan fingerprint density at radius 1 is 0.667 bits per heavy atom. The maximum atomic E-state index is 4.47. The van der Waals surface area contributed by atoms with Crippen LogP contribution in [0.3, 0.4) is 0 Å². The fourth-order valence-corrected chi connectivity index (χ4v) is 3.33. The van der Waals surface area contributed by atoms with Crippen LogP contribution >= 0.6 is 12.6 Å². The summed E-state index contributed by atoms with van der Waals surface area (Å²) in [5.41, 5.74) is 0. The van der Waals surface area contributed by atoms with Gasteiger partial charge in [0.2, 0.25) is 0 Å². The molecule has 0 aliphatic rings. The van der Waals surface area contributed by atoms with Gasteiger partial charge in [-0.15, -0.1) is 0 Å². The normalized spacial score (nSPS) is 12.8. The van der Waals surface area contributed by atoms with Crippen molar-refractivity contribution >= 4 is 38.4 Å². The van der Waals surface area contributed by atoms with Crippen molar-refractivity contribution in [3.8, 4) is 0 Å². The molecule has 0 aromatic carbocycles. The molecule has 0 spiro atoms. The van der Waals surface area contributed by atoms with Crippen LogP contribution in [-0.2, 0) is 0 Å². The first-order valence-corrected chi connectivity index (χ1v) is 10.9. The summed E-state index contributed by atoms with van der Waals surface area (Å²) in [5, 5.41) is 0. The van der Waals surface area contributed by atoms with Gasteiger partial charge in [-0.1, -0.05) is 26.2 Å². The average molecular weight is 465 g/mol. The van der Waals surface area contributed by atoms with E-state index in [4.69, 9.17) is 0 Å². The molecular formula is C16H33PbS. The molecule has 18 heavy (non-hydrogen) atoms. The molecule has 107 valence electrons. The Labute approximate surface area is 137 Å². The first-order valence-electron chi connectivity index (χ1n) is 8.16. The fraction of sp³-hybridized carbons (Fsp3) is 1.00. The quantitative estimate of drug-likeness (QED) is 0.185. The summed E-state index contributed by atoms with van der Waals surface area (Å²) < 4.78 is 0.734. The van der Waals surface area contributed by atoms with E-state index >= 15 is 0 Å². The van der Waals surface area contributed by atoms with E-state index in [1.165, 1.54) is 116 Å². The van der Waals surface area contributed by atoms with E-state index in [9.17, 15) is 0 Å². The van der Waals surface area contributed by atoms with Crippen LogP contribution in [0, 0.1) is 0 Å². The van der Waals surface area contributed by atoms with Gasteiger partial charge in [0, 0.05) is 0 Å². The second-order valence-corrected chi connectivity index (χ2v) is 10.8. The first-order chi connectivity index (χ1) is 8.77. The molecule has 0 aliphatic carbocycles. The van der Waals surface area contributed by atoms with E-state index in [0.717, 1.165) is 2.81 Å². The van der Waals surface area contributed by atoms with Gasteiger partial charge in [-0.3, -0.25) is 0 Å². The Hall–Kier alpha value is 1.27. The van der Waals surface area contributed by atoms with Crippen LogP contribution in [0.2, 0.25) is 0 Å². The topological polar surface area (TPSA) is 0 Å². The maximum absolute atomic E-state index is 4.47. The van der Waals surface area contributed by atoms with Crippen LogP contribution in [0.1, 0.15) is 96.8 Å². The zero-order valence-electron chi connectivity index (χ0n) is 12.4. The molecule has 0 saturated carbocycles. The molecule has 0 rings (SSSR count). The standard InChI is InChI=1S/C16H33S.Pb/c1-2-3-4-5-6-7-8-9-10-11-12-13-14-15-16-17;/h16-17H,2-15H2,1H3;. The van der Waals surface area contributed by atoms with Gasteiger partial charge >= 0.3 is 112 Å². The van der Waals surface area contributed by atoms with Crippen molar-refractivity contribution in [3.63, 3.8) is 0 Å². The van der Waals surface area contributed by atoms with Crippen LogP contribution < -0.4 is 0 Å². The van der Waals surface area contributed by atoms with Crippen molar-refractivity contribution in [2.75, 3.05) is 0 Å². The third-order valence-corrected chi connectivity index (χ3v) is 4.96. The van der Waals surface area contributed by atoms with Gasteiger partial charge in [-0.2, -0.15) is 0 Å². The minimum atomic E-state index is 0.734. The summed E-state index contributed by atoms with van der Waals surface area (Å²) in [6.45, 7) is 2.29. The van der Waals surface area contributed by atoms with E-state index < -0.39 is 0 Å². The zero-order valence-corrected chi connectivity index (χ0v) is 17.2. The summed E-state index contributed by atoms with van der Waals surface area (Å²) in [5.74, 6) is 0. The van der Waals surface area contributed by atoms with Gasteiger partial charge < -0.3 is 0 Å². The molecule has 3 radical (unpaired) electrons. The van der Waals surface area contributed by atoms with E-state index in [-0.39, 0.29) is 0 Å². The van der Waals surface area contributed by atoms with Crippen molar-refractivity contribution < 1.29 is 0 Å². The number of hydrogen-bond donors (Lipinski definition) is 1. The van der Waals surface area contributed by atoms with Crippen molar-refractivity contribution in [1.82, 2.24) is 0 Å². The summed E-state index contributed by atoms with van der Waals surface area (Å²) in [6.07, 6.45) is 20.2. The molecule has 0 N–H and O–H groups in total. The second-order valence-electron chi connectivity index (χ2n) is 5.55. The molecule has 1 atom stereocenters. The third-order valence-electron chi connectivity index (χ3n) is 3.58. The zero-order chi connectivity index (χ0) is 13.5. The van der Waals surface area contributed by atoms with Crippen molar-refractivity contribution in [2.24, 2.45) is 0 Å². The molecule has 1 unspecified atom stereocenters. The molecule has 2 heteroatoms. The molecule has 0 nitrogen and oxygen atoms in total. The summed E-state index contributed by atoms with van der Waals surface area (Å²) >= 11 is 5.73. The van der Waals surface area contributed by atoms with Gasteiger partial charge in [0.05, 0.1) is 0 Å². The molecular weight excluding hydrogens is 431 g/mol. The fourth-order valence-electron chi connectivity index (χ4n) is 2.36. The monoisotopic (exact) mass is 465 g/mol. The van der Waals surface area contributed by atoms with Gasteiger partial charge in [-0.05, 0) is 0 Å². The molecule has 0 aliphatic heterocycles. The molecule has 0 aromatic heterocycles. The van der Waals surface area contributed by atoms with Crippen molar-refractivity contribution in [2.45, 2.75) is 99.6 Å². The predicted molar refractivity (Wildman–Crippen MR) is 88.8 cm³/mol. The Bertz CT molecular complexity index is 148. The van der Waals surface area contributed by atoms with E-state index in [0.29, 0.717) is 0 Å². The summed E-state index contributed by atoms with van der Waals surface area (Å²) in [6, 6.07) is 0. The molecule has 0 bridgehead atoms. The Balaban J connectivity index is 2.90. The number of rotatable bonds is 14. The van der Waals surface area contributed by atoms with Crippen LogP contribution in [0.25, 0.3) is 0 Å². The Morgan fingerprint density at radius 3 is 1.33 bits per heavy atom. The van der Waals surface area contributed by atoms with Gasteiger partial charge in [0.25, 0.3) is 0 Å². The van der Waals surface area contributed by atoms with Crippen LogP contribution in [0.5, 0.6) is 0 Å². The van der Waals surface area contributed by atoms with E-state index in [1.807, 2.05) is 0 Å². The predicted octanol–water partition coefficient (Wildman–Crippen LogP) is 5.89. The summed E-state index contributed by atoms with van der Waals surface area (Å²) in [7, 11) is 0. The van der Waals surface area contributed by atoms with Crippen LogP contribution in [-0.4, -0.2) is 28.6 Å². The number of thiol groups is 1. The molecule has 0 amide bonds. The summed E-state index contributed by atoms with van der Waals surface area (Å²) in [4.78, 5) is 0. The molecule has 0 aromatic rings. The van der Waals surface area contributed by atoms with Crippen molar-refractivity contribution in [3.05, 3.63) is 0 Å². The SMILES string of the molecule is CCCCCCCCCCCCCCC[CH](S)[Pb]. The minimum absolute atomic E-state index is 0.734. The molecule has 0 heterocycles. The van der Waals surface area contributed by atoms with Gasteiger partial charge in [0.15, 0.2) is 0 Å². The van der Waals surface area contributed by atoms with Crippen LogP contribution in [0.4, 0.5) is 0 Å². The average Bonchev–Trinajstić information content (AvgIpc) is 2.34. The Morgan fingerprint density at radius 2 is 1.00 bits per heavy atom. The van der Waals surface area contributed by atoms with Gasteiger partial charge in [-0.25, -0.2) is 0 Å². The van der Waals surface area contributed by atoms with E-state index in [1.54, 1.807) is 0 Å². The first kappa shape index (κ1) is 19.3. The van der Waals surface area contributed by atoms with Gasteiger partial charge in [0.1, 0.15) is 0 Å². The third kappa shape index (κ3) is 17.3. The molecule has 0 saturated heterocycles. The second kappa shape index (κ2) is 16.3. The van der Waals surface area contributed by atoms with Crippen LogP contribution in [0.15, 0.2) is 0 Å².